The minimum absolute atomic E-state index is 0.0766. The molecule has 0 bridgehead atoms. The Hall–Kier alpha value is -1.85. The number of ether oxygens (including phenoxy) is 1. The maximum absolute atomic E-state index is 12.7. The molecule has 2 aliphatic rings. The number of benzene rings is 1. The van der Waals surface area contributed by atoms with Crippen molar-refractivity contribution in [2.24, 2.45) is 17.3 Å². The molecule has 5 nitrogen and oxygen atoms in total. The first-order chi connectivity index (χ1) is 12.6. The molecule has 0 saturated heterocycles. The first kappa shape index (κ1) is 19.9. The molecule has 2 aliphatic carbocycles. The Morgan fingerprint density at radius 1 is 1.26 bits per heavy atom. The van der Waals surface area contributed by atoms with Crippen LogP contribution < -0.4 is 0 Å². The van der Waals surface area contributed by atoms with Gasteiger partial charge in [-0.05, 0) is 43.5 Å². The van der Waals surface area contributed by atoms with E-state index in [0.717, 1.165) is 5.57 Å². The van der Waals surface area contributed by atoms with Gasteiger partial charge in [0.05, 0.1) is 17.3 Å². The number of fused-ring (bicyclic) bond motifs is 1. The van der Waals surface area contributed by atoms with Crippen molar-refractivity contribution in [1.29, 1.82) is 0 Å². The van der Waals surface area contributed by atoms with Gasteiger partial charge in [0, 0.05) is 24.2 Å². The van der Waals surface area contributed by atoms with Crippen molar-refractivity contribution in [3.8, 4) is 5.75 Å². The summed E-state index contributed by atoms with van der Waals surface area (Å²) in [6, 6.07) is 5.94. The van der Waals surface area contributed by atoms with Gasteiger partial charge in [0.2, 0.25) is 0 Å². The van der Waals surface area contributed by atoms with Gasteiger partial charge < -0.3 is 20.1 Å². The average molecular weight is 374 g/mol. The van der Waals surface area contributed by atoms with Crippen LogP contribution in [0.4, 0.5) is 0 Å². The van der Waals surface area contributed by atoms with E-state index < -0.39 is 29.2 Å². The lowest BCUT2D eigenvalue weighted by Crippen LogP contribution is -2.50. The van der Waals surface area contributed by atoms with Gasteiger partial charge in [-0.25, -0.2) is 4.79 Å². The Balaban J connectivity index is 1.97. The molecule has 3 rings (SSSR count). The summed E-state index contributed by atoms with van der Waals surface area (Å²) in [6.07, 6.45) is 2.37. The summed E-state index contributed by atoms with van der Waals surface area (Å²) in [4.78, 5) is 12.7. The second-order valence-electron chi connectivity index (χ2n) is 8.80. The maximum Gasteiger partial charge on any atom is 0.338 e. The summed E-state index contributed by atoms with van der Waals surface area (Å²) in [5, 5.41) is 31.7. The number of hydrogen-bond acceptors (Lipinski definition) is 5. The second kappa shape index (κ2) is 6.95. The van der Waals surface area contributed by atoms with Crippen LogP contribution in [0, 0.1) is 17.3 Å². The number of rotatable bonds is 3. The summed E-state index contributed by atoms with van der Waals surface area (Å²) in [5.74, 6) is -0.841. The van der Waals surface area contributed by atoms with Crippen LogP contribution in [0.15, 0.2) is 35.9 Å². The highest BCUT2D eigenvalue weighted by Gasteiger charge is 2.63. The number of carbonyl (C=O) groups is 1. The van der Waals surface area contributed by atoms with Crippen LogP contribution in [0.1, 0.15) is 57.3 Å². The zero-order chi connectivity index (χ0) is 20.0. The fourth-order valence-electron chi connectivity index (χ4n) is 4.88. The number of aliphatic hydroxyl groups excluding tert-OH is 1. The predicted molar refractivity (Wildman–Crippen MR) is 102 cm³/mol. The third kappa shape index (κ3) is 3.39. The van der Waals surface area contributed by atoms with Crippen LogP contribution in [-0.2, 0) is 4.74 Å². The van der Waals surface area contributed by atoms with Crippen molar-refractivity contribution in [2.75, 3.05) is 0 Å². The molecule has 1 saturated carbocycles. The number of aromatic hydroxyl groups is 1. The van der Waals surface area contributed by atoms with E-state index in [-0.39, 0.29) is 24.0 Å². The van der Waals surface area contributed by atoms with Crippen molar-refractivity contribution in [3.05, 3.63) is 41.5 Å². The summed E-state index contributed by atoms with van der Waals surface area (Å²) in [5.41, 5.74) is -0.220. The van der Waals surface area contributed by atoms with Crippen molar-refractivity contribution >= 4 is 5.97 Å². The highest BCUT2D eigenvalue weighted by molar-refractivity contribution is 5.89. The van der Waals surface area contributed by atoms with Crippen LogP contribution >= 0.6 is 0 Å². The quantitative estimate of drug-likeness (QED) is 0.557. The summed E-state index contributed by atoms with van der Waals surface area (Å²) >= 11 is 0. The molecule has 0 unspecified atom stereocenters. The Morgan fingerprint density at radius 3 is 2.48 bits per heavy atom. The molecule has 1 aromatic rings. The number of hydrogen-bond donors (Lipinski definition) is 3. The Labute approximate surface area is 160 Å². The Bertz CT molecular complexity index is 738. The van der Waals surface area contributed by atoms with Gasteiger partial charge in [-0.1, -0.05) is 32.4 Å². The molecule has 0 spiro atoms. The van der Waals surface area contributed by atoms with Crippen LogP contribution in [0.3, 0.4) is 0 Å². The molecule has 5 heteroatoms. The lowest BCUT2D eigenvalue weighted by atomic mass is 9.67. The lowest BCUT2D eigenvalue weighted by Gasteiger charge is -2.43. The third-order valence-corrected chi connectivity index (χ3v) is 6.68. The highest BCUT2D eigenvalue weighted by Crippen LogP contribution is 2.58. The molecule has 3 N–H and O–H groups in total. The minimum Gasteiger partial charge on any atom is -0.508 e. The predicted octanol–water partition coefficient (Wildman–Crippen LogP) is 3.43. The molecule has 0 amide bonds. The number of phenols is 1. The van der Waals surface area contributed by atoms with Crippen LogP contribution in [0.5, 0.6) is 5.75 Å². The Morgan fingerprint density at radius 2 is 1.89 bits per heavy atom. The number of allylic oxidation sites excluding steroid dienone is 1. The minimum atomic E-state index is -1.10. The normalized spacial score (nSPS) is 36.1. The van der Waals surface area contributed by atoms with Gasteiger partial charge in [-0.15, -0.1) is 0 Å². The first-order valence-electron chi connectivity index (χ1n) is 9.64. The van der Waals surface area contributed by atoms with Gasteiger partial charge in [-0.3, -0.25) is 0 Å². The number of phenolic OH excluding ortho intramolecular Hbond substituents is 1. The average Bonchev–Trinajstić information content (AvgIpc) is 2.70. The van der Waals surface area contributed by atoms with E-state index in [1.165, 1.54) is 24.3 Å². The molecular formula is C22H30O5. The molecule has 0 aliphatic heterocycles. The lowest BCUT2D eigenvalue weighted by molar-refractivity contribution is -0.113. The van der Waals surface area contributed by atoms with Gasteiger partial charge in [0.15, 0.2) is 0 Å². The van der Waals surface area contributed by atoms with Gasteiger partial charge in [0.1, 0.15) is 11.9 Å². The zero-order valence-electron chi connectivity index (χ0n) is 16.5. The van der Waals surface area contributed by atoms with Gasteiger partial charge in [0.25, 0.3) is 0 Å². The number of aliphatic hydroxyl groups is 2. The molecule has 5 atom stereocenters. The monoisotopic (exact) mass is 374 g/mol. The van der Waals surface area contributed by atoms with E-state index in [9.17, 15) is 20.1 Å². The van der Waals surface area contributed by atoms with Crippen LogP contribution in [0.2, 0.25) is 0 Å². The molecule has 1 fully saturated rings. The Kier molecular flexibility index (Phi) is 5.12. The molecule has 0 aromatic heterocycles. The molecule has 27 heavy (non-hydrogen) atoms. The third-order valence-electron chi connectivity index (χ3n) is 6.68. The molecular weight excluding hydrogens is 344 g/mol. The van der Waals surface area contributed by atoms with Crippen LogP contribution in [0.25, 0.3) is 0 Å². The standard InChI is InChI=1S/C22H30O5/c1-13(2)22(26)12-18(24)21(4)10-9-14(3)11-17(19(21)22)27-20(25)15-5-7-16(23)8-6-15/h5-9,13,17-19,23-24,26H,10-12H2,1-4H3/t17-,18-,19+,21-,22+/m0/s1. The molecule has 0 radical (unpaired) electrons. The van der Waals surface area contributed by atoms with Gasteiger partial charge in [-0.2, -0.15) is 0 Å². The topological polar surface area (TPSA) is 87.0 Å². The largest absolute Gasteiger partial charge is 0.508 e. The van der Waals surface area contributed by atoms with Crippen LogP contribution in [-0.4, -0.2) is 39.1 Å². The summed E-state index contributed by atoms with van der Waals surface area (Å²) < 4.78 is 5.91. The van der Waals surface area contributed by atoms with Crippen molar-refractivity contribution in [2.45, 2.75) is 64.8 Å². The maximum atomic E-state index is 12.7. The summed E-state index contributed by atoms with van der Waals surface area (Å²) in [6.45, 7) is 7.87. The smallest absolute Gasteiger partial charge is 0.338 e. The summed E-state index contributed by atoms with van der Waals surface area (Å²) in [7, 11) is 0. The van der Waals surface area contributed by atoms with E-state index >= 15 is 0 Å². The van der Waals surface area contributed by atoms with E-state index in [2.05, 4.69) is 6.08 Å². The van der Waals surface area contributed by atoms with Crippen molar-refractivity contribution in [1.82, 2.24) is 0 Å². The number of carbonyl (C=O) groups excluding carboxylic acids is 1. The van der Waals surface area contributed by atoms with Gasteiger partial charge >= 0.3 is 5.97 Å². The van der Waals surface area contributed by atoms with E-state index in [1.54, 1.807) is 0 Å². The highest BCUT2D eigenvalue weighted by atomic mass is 16.5. The fraction of sp³-hybridized carbons (Fsp3) is 0.591. The van der Waals surface area contributed by atoms with E-state index in [0.29, 0.717) is 18.4 Å². The van der Waals surface area contributed by atoms with E-state index in [4.69, 9.17) is 4.74 Å². The molecule has 148 valence electrons. The second-order valence-corrected chi connectivity index (χ2v) is 8.80. The number of esters is 1. The first-order valence-corrected chi connectivity index (χ1v) is 9.64. The molecule has 0 heterocycles. The SMILES string of the molecule is CC1=CC[C@]2(C)[C@@H]([C@@H](OC(=O)c3ccc(O)cc3)C1)[C@](O)(C(C)C)C[C@@H]2O. The molecule has 1 aromatic carbocycles. The van der Waals surface area contributed by atoms with Crippen molar-refractivity contribution < 1.29 is 24.9 Å². The zero-order valence-corrected chi connectivity index (χ0v) is 16.5. The fourth-order valence-corrected chi connectivity index (χ4v) is 4.88. The van der Waals surface area contributed by atoms with E-state index in [1.807, 2.05) is 27.7 Å². The van der Waals surface area contributed by atoms with Crippen molar-refractivity contribution in [3.63, 3.8) is 0 Å².